The average molecular weight is 196 g/mol. The van der Waals surface area contributed by atoms with E-state index in [2.05, 4.69) is 26.2 Å². The quantitative estimate of drug-likeness (QED) is 0.689. The van der Waals surface area contributed by atoms with Crippen LogP contribution in [0.15, 0.2) is 0 Å². The Morgan fingerprint density at radius 2 is 2.07 bits per heavy atom. The predicted octanol–water partition coefficient (Wildman–Crippen LogP) is 2.78. The molecule has 1 fully saturated rings. The molecule has 0 spiro atoms. The third-order valence-electron chi connectivity index (χ3n) is 2.77. The van der Waals surface area contributed by atoms with Gasteiger partial charge >= 0.3 is 5.97 Å². The van der Waals surface area contributed by atoms with E-state index in [-0.39, 0.29) is 5.92 Å². The lowest BCUT2D eigenvalue weighted by atomic mass is 9.94. The largest absolute Gasteiger partial charge is 0.481 e. The number of rotatable bonds is 2. The summed E-state index contributed by atoms with van der Waals surface area (Å²) in [5.41, 5.74) is 0. The molecule has 0 heterocycles. The van der Waals surface area contributed by atoms with Gasteiger partial charge in [0.05, 0.1) is 5.92 Å². The summed E-state index contributed by atoms with van der Waals surface area (Å²) in [6, 6.07) is 0. The number of hydrogen-bond donors (Lipinski definition) is 1. The number of carboxylic acids is 1. The lowest BCUT2D eigenvalue weighted by Crippen LogP contribution is -2.17. The van der Waals surface area contributed by atoms with Crippen molar-refractivity contribution in [1.29, 1.82) is 0 Å². The number of carbonyl (C=O) groups is 1. The minimum absolute atomic E-state index is 0.0602. The summed E-state index contributed by atoms with van der Waals surface area (Å²) in [5, 5.41) is 8.83. The second-order valence-corrected chi connectivity index (χ2v) is 3.98. The van der Waals surface area contributed by atoms with Gasteiger partial charge in [-0.3, -0.25) is 4.79 Å². The molecule has 0 aromatic heterocycles. The maximum atomic E-state index is 10.7. The molecule has 2 nitrogen and oxygen atoms in total. The van der Waals surface area contributed by atoms with E-state index in [9.17, 15) is 4.79 Å². The van der Waals surface area contributed by atoms with Crippen molar-refractivity contribution in [1.82, 2.24) is 0 Å². The van der Waals surface area contributed by atoms with Crippen LogP contribution in [0.25, 0.3) is 0 Å². The fourth-order valence-corrected chi connectivity index (χ4v) is 2.16. The van der Waals surface area contributed by atoms with Gasteiger partial charge in [-0.05, 0) is 31.6 Å². The van der Waals surface area contributed by atoms with Gasteiger partial charge in [-0.25, -0.2) is 0 Å². The minimum Gasteiger partial charge on any atom is -0.481 e. The van der Waals surface area contributed by atoms with Gasteiger partial charge in [-0.1, -0.05) is 20.3 Å². The summed E-state index contributed by atoms with van der Waals surface area (Å²) >= 11 is 0. The summed E-state index contributed by atoms with van der Waals surface area (Å²) in [6.45, 7) is 5.88. The highest BCUT2D eigenvalue weighted by Gasteiger charge is 2.35. The maximum Gasteiger partial charge on any atom is 0.306 e. The summed E-state index contributed by atoms with van der Waals surface area (Å²) < 4.78 is 0. The molecule has 0 amide bonds. The van der Waals surface area contributed by atoms with Crippen LogP contribution in [0.4, 0.5) is 0 Å². The molecule has 0 bridgehead atoms. The molecule has 0 aromatic rings. The fourth-order valence-electron chi connectivity index (χ4n) is 2.16. The molecule has 3 unspecified atom stereocenters. The van der Waals surface area contributed by atoms with Crippen molar-refractivity contribution >= 4 is 5.97 Å². The van der Waals surface area contributed by atoms with E-state index < -0.39 is 5.97 Å². The molecular formula is C12H20O2. The van der Waals surface area contributed by atoms with Crippen LogP contribution in [-0.4, -0.2) is 11.1 Å². The van der Waals surface area contributed by atoms with Crippen LogP contribution in [0.1, 0.15) is 40.0 Å². The zero-order valence-electron chi connectivity index (χ0n) is 9.29. The van der Waals surface area contributed by atoms with E-state index in [1.165, 1.54) is 0 Å². The fraction of sp³-hybridized carbons (Fsp3) is 0.750. The van der Waals surface area contributed by atoms with Crippen LogP contribution >= 0.6 is 0 Å². The zero-order valence-corrected chi connectivity index (χ0v) is 9.29. The van der Waals surface area contributed by atoms with Crippen LogP contribution in [0, 0.1) is 30.1 Å². The third-order valence-corrected chi connectivity index (χ3v) is 2.77. The highest BCUT2D eigenvalue weighted by Crippen LogP contribution is 2.37. The van der Waals surface area contributed by atoms with Crippen molar-refractivity contribution in [2.24, 2.45) is 17.8 Å². The Balaban J connectivity index is 0.000000500. The molecule has 0 saturated heterocycles. The van der Waals surface area contributed by atoms with Gasteiger partial charge in [0.25, 0.3) is 0 Å². The van der Waals surface area contributed by atoms with Gasteiger partial charge < -0.3 is 5.11 Å². The van der Waals surface area contributed by atoms with Crippen LogP contribution in [0.3, 0.4) is 0 Å². The van der Waals surface area contributed by atoms with Gasteiger partial charge in [-0.2, -0.15) is 0 Å². The van der Waals surface area contributed by atoms with Crippen LogP contribution < -0.4 is 0 Å². The van der Waals surface area contributed by atoms with Crippen LogP contribution in [-0.2, 0) is 4.79 Å². The van der Waals surface area contributed by atoms with Gasteiger partial charge in [0.1, 0.15) is 0 Å². The lowest BCUT2D eigenvalue weighted by molar-refractivity contribution is -0.143. The van der Waals surface area contributed by atoms with E-state index in [0.717, 1.165) is 19.3 Å². The van der Waals surface area contributed by atoms with Crippen molar-refractivity contribution in [2.75, 3.05) is 0 Å². The molecule has 1 N–H and O–H groups in total. The van der Waals surface area contributed by atoms with E-state index in [1.54, 1.807) is 6.92 Å². The second kappa shape index (κ2) is 6.48. The standard InChI is InChI=1S/C9H16O2.C3H4/c1-3-7-4-6(2)5-8(7)9(10)11;1-3-2/h6-8H,3-5H2,1-2H3,(H,10,11);1H,2H3. The SMILES string of the molecule is C#CC.CCC1CC(C)CC1C(=O)O. The summed E-state index contributed by atoms with van der Waals surface area (Å²) in [4.78, 5) is 10.7. The van der Waals surface area contributed by atoms with Crippen LogP contribution in [0.5, 0.6) is 0 Å². The predicted molar refractivity (Wildman–Crippen MR) is 57.8 cm³/mol. The van der Waals surface area contributed by atoms with E-state index in [0.29, 0.717) is 11.8 Å². The van der Waals surface area contributed by atoms with E-state index in [4.69, 9.17) is 5.11 Å². The molecule has 80 valence electrons. The van der Waals surface area contributed by atoms with Crippen molar-refractivity contribution in [3.05, 3.63) is 0 Å². The highest BCUT2D eigenvalue weighted by atomic mass is 16.4. The Morgan fingerprint density at radius 1 is 1.57 bits per heavy atom. The molecule has 1 saturated carbocycles. The smallest absolute Gasteiger partial charge is 0.306 e. The molecule has 1 aliphatic rings. The topological polar surface area (TPSA) is 37.3 Å². The Bertz CT molecular complexity index is 215. The van der Waals surface area contributed by atoms with Gasteiger partial charge in [0.2, 0.25) is 0 Å². The highest BCUT2D eigenvalue weighted by molar-refractivity contribution is 5.70. The second-order valence-electron chi connectivity index (χ2n) is 3.98. The molecule has 0 aromatic carbocycles. The maximum absolute atomic E-state index is 10.7. The molecule has 1 rings (SSSR count). The molecule has 1 aliphatic carbocycles. The van der Waals surface area contributed by atoms with Crippen LogP contribution in [0.2, 0.25) is 0 Å². The zero-order chi connectivity index (χ0) is 11.1. The molecule has 0 aliphatic heterocycles. The molecular weight excluding hydrogens is 176 g/mol. The first kappa shape index (κ1) is 13.0. The third kappa shape index (κ3) is 3.83. The first-order valence-corrected chi connectivity index (χ1v) is 5.16. The number of carboxylic acid groups (broad SMARTS) is 1. The van der Waals surface area contributed by atoms with Gasteiger partial charge in [-0.15, -0.1) is 12.3 Å². The van der Waals surface area contributed by atoms with Crippen molar-refractivity contribution in [3.63, 3.8) is 0 Å². The molecule has 14 heavy (non-hydrogen) atoms. The number of aliphatic carboxylic acids is 1. The van der Waals surface area contributed by atoms with Gasteiger partial charge in [0, 0.05) is 0 Å². The summed E-state index contributed by atoms with van der Waals surface area (Å²) in [7, 11) is 0. The molecule has 2 heteroatoms. The summed E-state index contributed by atoms with van der Waals surface area (Å²) in [6.07, 6.45) is 7.60. The van der Waals surface area contributed by atoms with Crippen molar-refractivity contribution < 1.29 is 9.90 Å². The minimum atomic E-state index is -0.596. The first-order valence-electron chi connectivity index (χ1n) is 5.16. The lowest BCUT2D eigenvalue weighted by Gasteiger charge is -2.11. The number of terminal acetylenes is 1. The normalized spacial score (nSPS) is 30.0. The van der Waals surface area contributed by atoms with E-state index >= 15 is 0 Å². The first-order chi connectivity index (χ1) is 6.56. The Kier molecular flexibility index (Phi) is 6.03. The van der Waals surface area contributed by atoms with Crippen molar-refractivity contribution in [3.8, 4) is 12.3 Å². The number of hydrogen-bond acceptors (Lipinski definition) is 1. The Morgan fingerprint density at radius 3 is 2.36 bits per heavy atom. The van der Waals surface area contributed by atoms with Gasteiger partial charge in [0.15, 0.2) is 0 Å². The summed E-state index contributed by atoms with van der Waals surface area (Å²) in [5.74, 6) is 2.64. The van der Waals surface area contributed by atoms with Crippen molar-refractivity contribution in [2.45, 2.75) is 40.0 Å². The monoisotopic (exact) mass is 196 g/mol. The molecule has 0 radical (unpaired) electrons. The Hall–Kier alpha value is -0.970. The Labute approximate surface area is 86.7 Å². The molecule has 3 atom stereocenters. The van der Waals surface area contributed by atoms with E-state index in [1.807, 2.05) is 0 Å². The average Bonchev–Trinajstić information content (AvgIpc) is 2.48.